The third-order valence-corrected chi connectivity index (χ3v) is 4.30. The maximum atomic E-state index is 12.1. The van der Waals surface area contributed by atoms with Crippen molar-refractivity contribution in [2.45, 2.75) is 26.8 Å². The van der Waals surface area contributed by atoms with Crippen molar-refractivity contribution in [3.63, 3.8) is 0 Å². The standard InChI is InChI=1S/C15H16BrN3O4S/c1-3-23-13(21)5-10-8-24-15(17-10)18-12(20)7-19-6-9(2)4-11(16)14(19)22/h4,6,8H,3,5,7H2,1-2H3,(H,17,18,20). The van der Waals surface area contributed by atoms with Gasteiger partial charge in [0.05, 0.1) is 23.2 Å². The van der Waals surface area contributed by atoms with Crippen molar-refractivity contribution in [3.8, 4) is 0 Å². The Morgan fingerprint density at radius 1 is 1.46 bits per heavy atom. The van der Waals surface area contributed by atoms with Crippen molar-refractivity contribution < 1.29 is 14.3 Å². The Morgan fingerprint density at radius 2 is 2.21 bits per heavy atom. The number of nitrogens with one attached hydrogen (secondary N) is 1. The number of hydrogen-bond donors (Lipinski definition) is 1. The van der Waals surface area contributed by atoms with E-state index in [1.165, 1.54) is 15.9 Å². The highest BCUT2D eigenvalue weighted by Gasteiger charge is 2.12. The van der Waals surface area contributed by atoms with Gasteiger partial charge in [-0.05, 0) is 41.4 Å². The fraction of sp³-hybridized carbons (Fsp3) is 0.333. The smallest absolute Gasteiger partial charge is 0.311 e. The summed E-state index contributed by atoms with van der Waals surface area (Å²) in [5, 5.41) is 4.68. The first-order valence-electron chi connectivity index (χ1n) is 7.15. The molecule has 0 atom stereocenters. The van der Waals surface area contributed by atoms with Gasteiger partial charge in [-0.25, -0.2) is 4.98 Å². The van der Waals surface area contributed by atoms with Crippen molar-refractivity contribution in [1.82, 2.24) is 9.55 Å². The van der Waals surface area contributed by atoms with Crippen LogP contribution >= 0.6 is 27.3 Å². The van der Waals surface area contributed by atoms with E-state index >= 15 is 0 Å². The highest BCUT2D eigenvalue weighted by Crippen LogP contribution is 2.16. The number of carbonyl (C=O) groups is 2. The molecule has 24 heavy (non-hydrogen) atoms. The number of aromatic nitrogens is 2. The predicted molar refractivity (Wildman–Crippen MR) is 94.2 cm³/mol. The van der Waals surface area contributed by atoms with Crippen molar-refractivity contribution in [1.29, 1.82) is 0 Å². The summed E-state index contributed by atoms with van der Waals surface area (Å²) in [6, 6.07) is 1.69. The van der Waals surface area contributed by atoms with Crippen molar-refractivity contribution in [2.24, 2.45) is 0 Å². The van der Waals surface area contributed by atoms with Crippen LogP contribution in [-0.2, 0) is 27.3 Å². The molecule has 0 spiro atoms. The molecule has 9 heteroatoms. The second kappa shape index (κ2) is 8.20. The highest BCUT2D eigenvalue weighted by molar-refractivity contribution is 9.10. The summed E-state index contributed by atoms with van der Waals surface area (Å²) in [6.07, 6.45) is 1.67. The van der Waals surface area contributed by atoms with E-state index in [-0.39, 0.29) is 30.4 Å². The number of ether oxygens (including phenoxy) is 1. The van der Waals surface area contributed by atoms with Gasteiger partial charge in [0.15, 0.2) is 5.13 Å². The van der Waals surface area contributed by atoms with Crippen LogP contribution in [0.25, 0.3) is 0 Å². The molecule has 7 nitrogen and oxygen atoms in total. The van der Waals surface area contributed by atoms with Crippen LogP contribution in [-0.4, -0.2) is 28.0 Å². The van der Waals surface area contributed by atoms with Crippen molar-refractivity contribution in [3.05, 3.63) is 43.7 Å². The van der Waals surface area contributed by atoms with Crippen LogP contribution in [0.1, 0.15) is 18.2 Å². The molecular weight excluding hydrogens is 398 g/mol. The minimum Gasteiger partial charge on any atom is -0.466 e. The maximum absolute atomic E-state index is 12.1. The molecule has 2 aromatic rings. The lowest BCUT2D eigenvalue weighted by Gasteiger charge is -2.07. The van der Waals surface area contributed by atoms with Crippen LogP contribution in [0.3, 0.4) is 0 Å². The van der Waals surface area contributed by atoms with Crippen LogP contribution in [0.15, 0.2) is 26.9 Å². The molecule has 0 aliphatic carbocycles. The minimum absolute atomic E-state index is 0.0600. The van der Waals surface area contributed by atoms with Gasteiger partial charge in [0.1, 0.15) is 6.54 Å². The lowest BCUT2D eigenvalue weighted by Crippen LogP contribution is -2.27. The third-order valence-electron chi connectivity index (χ3n) is 2.92. The predicted octanol–water partition coefficient (Wildman–Crippen LogP) is 2.12. The van der Waals surface area contributed by atoms with Gasteiger partial charge in [0, 0.05) is 11.6 Å². The lowest BCUT2D eigenvalue weighted by molar-refractivity contribution is -0.142. The van der Waals surface area contributed by atoms with E-state index in [0.29, 0.717) is 21.9 Å². The van der Waals surface area contributed by atoms with E-state index < -0.39 is 0 Å². The Labute approximate surface area is 150 Å². The summed E-state index contributed by atoms with van der Waals surface area (Å²) in [5.41, 5.74) is 1.11. The number of hydrogen-bond acceptors (Lipinski definition) is 6. The summed E-state index contributed by atoms with van der Waals surface area (Å²) < 4.78 is 6.57. The Bertz CT molecular complexity index is 815. The molecule has 0 saturated carbocycles. The number of halogens is 1. The van der Waals surface area contributed by atoms with E-state index in [9.17, 15) is 14.4 Å². The summed E-state index contributed by atoms with van der Waals surface area (Å²) in [5.74, 6) is -0.733. The topological polar surface area (TPSA) is 90.3 Å². The number of aryl methyl sites for hydroxylation is 1. The Kier molecular flexibility index (Phi) is 6.27. The van der Waals surface area contributed by atoms with Gasteiger partial charge in [0.2, 0.25) is 5.91 Å². The van der Waals surface area contributed by atoms with Gasteiger partial charge in [0.25, 0.3) is 5.56 Å². The molecule has 2 aromatic heterocycles. The van der Waals surface area contributed by atoms with E-state index in [2.05, 4.69) is 26.2 Å². The molecule has 2 rings (SSSR count). The molecular formula is C15H16BrN3O4S. The molecule has 0 fully saturated rings. The monoisotopic (exact) mass is 413 g/mol. The molecule has 0 aromatic carbocycles. The van der Waals surface area contributed by atoms with Crippen LogP contribution in [0.5, 0.6) is 0 Å². The average Bonchev–Trinajstić information content (AvgIpc) is 2.91. The zero-order valence-electron chi connectivity index (χ0n) is 13.2. The molecule has 0 aliphatic rings. The van der Waals surface area contributed by atoms with Gasteiger partial charge >= 0.3 is 5.97 Å². The fourth-order valence-corrected chi connectivity index (χ4v) is 3.29. The van der Waals surface area contributed by atoms with Crippen molar-refractivity contribution >= 4 is 44.3 Å². The number of anilines is 1. The van der Waals surface area contributed by atoms with Gasteiger partial charge in [-0.3, -0.25) is 14.4 Å². The highest BCUT2D eigenvalue weighted by atomic mass is 79.9. The number of amides is 1. The van der Waals surface area contributed by atoms with Crippen LogP contribution < -0.4 is 10.9 Å². The van der Waals surface area contributed by atoms with Crippen LogP contribution in [0, 0.1) is 6.92 Å². The Balaban J connectivity index is 1.99. The van der Waals surface area contributed by atoms with E-state index in [0.717, 1.165) is 5.56 Å². The Hall–Kier alpha value is -2.00. The van der Waals surface area contributed by atoms with Crippen molar-refractivity contribution in [2.75, 3.05) is 11.9 Å². The van der Waals surface area contributed by atoms with E-state index in [4.69, 9.17) is 4.74 Å². The fourth-order valence-electron chi connectivity index (χ4n) is 1.98. The molecule has 0 saturated heterocycles. The third kappa shape index (κ3) is 5.00. The molecule has 0 aliphatic heterocycles. The summed E-state index contributed by atoms with van der Waals surface area (Å²) in [4.78, 5) is 39.6. The first-order chi connectivity index (χ1) is 11.4. The van der Waals surface area contributed by atoms with E-state index in [1.54, 1.807) is 24.6 Å². The van der Waals surface area contributed by atoms with E-state index in [1.807, 2.05) is 6.92 Å². The second-order valence-electron chi connectivity index (χ2n) is 4.97. The van der Waals surface area contributed by atoms with Gasteiger partial charge < -0.3 is 14.6 Å². The zero-order chi connectivity index (χ0) is 17.7. The molecule has 0 radical (unpaired) electrons. The number of thiazole rings is 1. The van der Waals surface area contributed by atoms with Gasteiger partial charge in [-0.15, -0.1) is 11.3 Å². The number of esters is 1. The molecule has 0 unspecified atom stereocenters. The van der Waals surface area contributed by atoms with Gasteiger partial charge in [-0.1, -0.05) is 0 Å². The minimum atomic E-state index is -0.369. The number of pyridine rings is 1. The maximum Gasteiger partial charge on any atom is 0.311 e. The number of carbonyl (C=O) groups excluding carboxylic acids is 2. The van der Waals surface area contributed by atoms with Crippen LogP contribution in [0.4, 0.5) is 5.13 Å². The average molecular weight is 414 g/mol. The SMILES string of the molecule is CCOC(=O)Cc1csc(NC(=O)Cn2cc(C)cc(Br)c2=O)n1. The Morgan fingerprint density at radius 3 is 2.92 bits per heavy atom. The summed E-state index contributed by atoms with van der Waals surface area (Å²) >= 11 is 4.38. The number of rotatable bonds is 6. The molecule has 2 heterocycles. The van der Waals surface area contributed by atoms with Gasteiger partial charge in [-0.2, -0.15) is 0 Å². The molecule has 1 N–H and O–H groups in total. The first kappa shape index (κ1) is 18.3. The quantitative estimate of drug-likeness (QED) is 0.732. The normalized spacial score (nSPS) is 10.5. The largest absolute Gasteiger partial charge is 0.466 e. The lowest BCUT2D eigenvalue weighted by atomic mass is 10.3. The molecule has 0 bridgehead atoms. The van der Waals surface area contributed by atoms with Crippen LogP contribution in [0.2, 0.25) is 0 Å². The molecule has 1 amide bonds. The summed E-state index contributed by atoms with van der Waals surface area (Å²) in [7, 11) is 0. The second-order valence-corrected chi connectivity index (χ2v) is 6.68. The summed E-state index contributed by atoms with van der Waals surface area (Å²) in [6.45, 7) is 3.76. The first-order valence-corrected chi connectivity index (χ1v) is 8.82. The molecule has 128 valence electrons. The zero-order valence-corrected chi connectivity index (χ0v) is 15.6. The number of nitrogens with zero attached hydrogens (tertiary/aromatic N) is 2.